The number of carbonyl (C=O) groups is 1. The molecule has 18 heavy (non-hydrogen) atoms. The molecule has 1 aliphatic heterocycles. The van der Waals surface area contributed by atoms with Gasteiger partial charge in [0, 0.05) is 25.2 Å². The van der Waals surface area contributed by atoms with E-state index in [-0.39, 0.29) is 11.8 Å². The van der Waals surface area contributed by atoms with E-state index in [2.05, 4.69) is 0 Å². The van der Waals surface area contributed by atoms with Crippen LogP contribution in [0.2, 0.25) is 0 Å². The van der Waals surface area contributed by atoms with Gasteiger partial charge in [-0.3, -0.25) is 4.79 Å². The van der Waals surface area contributed by atoms with Crippen molar-refractivity contribution in [3.05, 3.63) is 29.3 Å². The highest BCUT2D eigenvalue weighted by Crippen LogP contribution is 2.37. The molecule has 0 saturated carbocycles. The van der Waals surface area contributed by atoms with Crippen LogP contribution in [0.1, 0.15) is 24.5 Å². The van der Waals surface area contributed by atoms with E-state index in [1.54, 1.807) is 0 Å². The number of fused-ring (bicyclic) bond motifs is 1. The number of carbonyl (C=O) groups excluding carboxylic acids is 1. The number of anilines is 1. The van der Waals surface area contributed by atoms with Gasteiger partial charge in [-0.2, -0.15) is 13.2 Å². The maximum atomic E-state index is 12.6. The van der Waals surface area contributed by atoms with E-state index >= 15 is 0 Å². The Morgan fingerprint density at radius 3 is 2.67 bits per heavy atom. The fourth-order valence-electron chi connectivity index (χ4n) is 2.40. The van der Waals surface area contributed by atoms with E-state index in [0.717, 1.165) is 11.8 Å². The highest BCUT2D eigenvalue weighted by atomic mass is 19.4. The van der Waals surface area contributed by atoms with Crippen LogP contribution >= 0.6 is 0 Å². The molecule has 0 bridgehead atoms. The van der Waals surface area contributed by atoms with Gasteiger partial charge in [0.2, 0.25) is 0 Å². The number of hydrogen-bond acceptors (Lipinski definition) is 2. The van der Waals surface area contributed by atoms with Crippen LogP contribution in [0.3, 0.4) is 0 Å². The number of halogens is 3. The van der Waals surface area contributed by atoms with Crippen LogP contribution in [0.25, 0.3) is 0 Å². The lowest BCUT2D eigenvalue weighted by molar-refractivity contribution is -0.137. The molecule has 0 N–H and O–H groups in total. The molecule has 0 saturated heterocycles. The summed E-state index contributed by atoms with van der Waals surface area (Å²) < 4.78 is 37.8. The van der Waals surface area contributed by atoms with Gasteiger partial charge in [-0.25, -0.2) is 0 Å². The van der Waals surface area contributed by atoms with Crippen molar-refractivity contribution in [2.75, 3.05) is 11.9 Å². The summed E-state index contributed by atoms with van der Waals surface area (Å²) in [6.45, 7) is 1.50. The molecule has 0 aromatic heterocycles. The third kappa shape index (κ3) is 2.35. The van der Waals surface area contributed by atoms with Gasteiger partial charge < -0.3 is 4.90 Å². The number of nitrogens with zero attached hydrogens (tertiary/aromatic N) is 1. The fourth-order valence-corrected chi connectivity index (χ4v) is 2.40. The number of rotatable bonds is 2. The zero-order chi connectivity index (χ0) is 13.5. The molecule has 1 aromatic carbocycles. The summed E-state index contributed by atoms with van der Waals surface area (Å²) in [5.41, 5.74) is 0.825. The predicted molar refractivity (Wildman–Crippen MR) is 62.6 cm³/mol. The molecule has 0 radical (unpaired) electrons. The Balaban J connectivity index is 2.29. The number of likely N-dealkylation sites (N-methyl/N-ethyl adjacent to an activating group) is 1. The van der Waals surface area contributed by atoms with Crippen molar-refractivity contribution in [2.45, 2.75) is 32.0 Å². The molecular formula is C13H14F3NO. The standard InChI is InChI=1S/C13H14F3NO/c1-8(18)5-11-7-9-6-10(13(14,15)16)3-4-12(9)17(11)2/h3-4,6,11H,5,7H2,1-2H3. The Morgan fingerprint density at radius 2 is 2.11 bits per heavy atom. The molecule has 0 fully saturated rings. The maximum Gasteiger partial charge on any atom is 0.416 e. The normalized spacial score (nSPS) is 18.9. The lowest BCUT2D eigenvalue weighted by atomic mass is 10.0. The number of benzene rings is 1. The predicted octanol–water partition coefficient (Wildman–Crippen LogP) is 3.05. The molecule has 1 unspecified atom stereocenters. The van der Waals surface area contributed by atoms with Crippen molar-refractivity contribution >= 4 is 11.5 Å². The molecule has 0 spiro atoms. The Morgan fingerprint density at radius 1 is 1.44 bits per heavy atom. The van der Waals surface area contributed by atoms with Crippen LogP contribution in [0.4, 0.5) is 18.9 Å². The van der Waals surface area contributed by atoms with Crippen molar-refractivity contribution < 1.29 is 18.0 Å². The van der Waals surface area contributed by atoms with E-state index in [1.807, 2.05) is 11.9 Å². The van der Waals surface area contributed by atoms with Gasteiger partial charge in [0.15, 0.2) is 0 Å². The largest absolute Gasteiger partial charge is 0.416 e. The SMILES string of the molecule is CC(=O)CC1Cc2cc(C(F)(F)F)ccc2N1C. The summed E-state index contributed by atoms with van der Waals surface area (Å²) in [5.74, 6) is 0.0516. The van der Waals surface area contributed by atoms with Crippen molar-refractivity contribution in [1.29, 1.82) is 0 Å². The molecule has 2 rings (SSSR count). The van der Waals surface area contributed by atoms with Gasteiger partial charge in [-0.05, 0) is 37.1 Å². The minimum Gasteiger partial charge on any atom is -0.371 e. The second kappa shape index (κ2) is 4.30. The smallest absolute Gasteiger partial charge is 0.371 e. The first-order valence-corrected chi connectivity index (χ1v) is 5.71. The third-order valence-electron chi connectivity index (χ3n) is 3.31. The maximum absolute atomic E-state index is 12.6. The van der Waals surface area contributed by atoms with E-state index in [1.165, 1.54) is 19.1 Å². The number of hydrogen-bond donors (Lipinski definition) is 0. The third-order valence-corrected chi connectivity index (χ3v) is 3.31. The Kier molecular flexibility index (Phi) is 3.09. The average molecular weight is 257 g/mol. The zero-order valence-corrected chi connectivity index (χ0v) is 10.2. The summed E-state index contributed by atoms with van der Waals surface area (Å²) in [4.78, 5) is 13.0. The first-order chi connectivity index (χ1) is 8.29. The van der Waals surface area contributed by atoms with Crippen molar-refractivity contribution in [2.24, 2.45) is 0 Å². The Bertz CT molecular complexity index is 482. The van der Waals surface area contributed by atoms with Gasteiger partial charge in [0.05, 0.1) is 5.56 Å². The minimum absolute atomic E-state index is 0.0269. The Labute approximate surface area is 103 Å². The highest BCUT2D eigenvalue weighted by Gasteiger charge is 2.34. The molecule has 5 heteroatoms. The molecule has 1 atom stereocenters. The molecule has 2 nitrogen and oxygen atoms in total. The quantitative estimate of drug-likeness (QED) is 0.811. The van der Waals surface area contributed by atoms with E-state index in [0.29, 0.717) is 18.4 Å². The van der Waals surface area contributed by atoms with Gasteiger partial charge in [-0.15, -0.1) is 0 Å². The van der Waals surface area contributed by atoms with Crippen molar-refractivity contribution in [3.63, 3.8) is 0 Å². The topological polar surface area (TPSA) is 20.3 Å². The molecule has 1 aliphatic rings. The van der Waals surface area contributed by atoms with Gasteiger partial charge in [-0.1, -0.05) is 0 Å². The van der Waals surface area contributed by atoms with Crippen LogP contribution in [0, 0.1) is 0 Å². The molecular weight excluding hydrogens is 243 g/mol. The number of ketones is 1. The van der Waals surface area contributed by atoms with E-state index in [9.17, 15) is 18.0 Å². The first-order valence-electron chi connectivity index (χ1n) is 5.71. The van der Waals surface area contributed by atoms with Crippen LogP contribution in [0.15, 0.2) is 18.2 Å². The first kappa shape index (κ1) is 12.9. The average Bonchev–Trinajstić information content (AvgIpc) is 2.53. The van der Waals surface area contributed by atoms with E-state index < -0.39 is 11.7 Å². The summed E-state index contributed by atoms with van der Waals surface area (Å²) in [7, 11) is 1.81. The van der Waals surface area contributed by atoms with E-state index in [4.69, 9.17) is 0 Å². The monoisotopic (exact) mass is 257 g/mol. The van der Waals surface area contributed by atoms with Crippen LogP contribution in [0.5, 0.6) is 0 Å². The number of alkyl halides is 3. The summed E-state index contributed by atoms with van der Waals surface area (Å²) in [6.07, 6.45) is -3.45. The molecule has 1 aromatic rings. The van der Waals surface area contributed by atoms with Crippen LogP contribution < -0.4 is 4.90 Å². The molecule has 0 aliphatic carbocycles. The van der Waals surface area contributed by atoms with Gasteiger partial charge in [0.25, 0.3) is 0 Å². The minimum atomic E-state index is -4.31. The zero-order valence-electron chi connectivity index (χ0n) is 10.2. The summed E-state index contributed by atoms with van der Waals surface area (Å²) in [6, 6.07) is 3.73. The summed E-state index contributed by atoms with van der Waals surface area (Å²) >= 11 is 0. The lowest BCUT2D eigenvalue weighted by Gasteiger charge is -2.21. The fraction of sp³-hybridized carbons (Fsp3) is 0.462. The molecule has 0 amide bonds. The van der Waals surface area contributed by atoms with Crippen LogP contribution in [-0.4, -0.2) is 18.9 Å². The molecule has 1 heterocycles. The lowest BCUT2D eigenvalue weighted by Crippen LogP contribution is -2.29. The van der Waals surface area contributed by atoms with Crippen molar-refractivity contribution in [3.8, 4) is 0 Å². The van der Waals surface area contributed by atoms with Crippen molar-refractivity contribution in [1.82, 2.24) is 0 Å². The number of Topliss-reactive ketones (excluding diaryl/α,β-unsaturated/α-hetero) is 1. The van der Waals surface area contributed by atoms with Gasteiger partial charge in [0.1, 0.15) is 5.78 Å². The van der Waals surface area contributed by atoms with Gasteiger partial charge >= 0.3 is 6.18 Å². The second-order valence-corrected chi connectivity index (χ2v) is 4.72. The highest BCUT2D eigenvalue weighted by molar-refractivity contribution is 5.77. The summed E-state index contributed by atoms with van der Waals surface area (Å²) in [5, 5.41) is 0. The molecule has 98 valence electrons. The van der Waals surface area contributed by atoms with Crippen LogP contribution in [-0.2, 0) is 17.4 Å². The Hall–Kier alpha value is -1.52. The second-order valence-electron chi connectivity index (χ2n) is 4.72.